The number of halogens is 1. The Morgan fingerprint density at radius 1 is 1.17 bits per heavy atom. The molecule has 7 heteroatoms. The van der Waals surface area contributed by atoms with Crippen LogP contribution >= 0.6 is 11.6 Å². The molecule has 24 heavy (non-hydrogen) atoms. The molecular weight excluding hydrogens is 348 g/mol. The lowest BCUT2D eigenvalue weighted by molar-refractivity contribution is -0.114. The van der Waals surface area contributed by atoms with Crippen molar-refractivity contribution in [1.82, 2.24) is 0 Å². The van der Waals surface area contributed by atoms with Crippen molar-refractivity contribution in [1.29, 1.82) is 0 Å². The highest BCUT2D eigenvalue weighted by Crippen LogP contribution is 2.34. The lowest BCUT2D eigenvalue weighted by Gasteiger charge is -2.31. The molecule has 126 valence electrons. The van der Waals surface area contributed by atoms with Crippen molar-refractivity contribution in [3.63, 3.8) is 0 Å². The first-order valence-corrected chi connectivity index (χ1v) is 9.38. The SMILES string of the molecule is CC(=O)Nc1ccc2c(c1)N(S(=O)(=O)c1ccc(Cl)cc1)CCC2. The fraction of sp³-hybridized carbons (Fsp3) is 0.235. The molecule has 0 fully saturated rings. The number of hydrogen-bond donors (Lipinski definition) is 1. The Labute approximate surface area is 146 Å². The Balaban J connectivity index is 2.04. The van der Waals surface area contributed by atoms with Gasteiger partial charge in [-0.05, 0) is 54.8 Å². The number of rotatable bonds is 3. The van der Waals surface area contributed by atoms with Crippen LogP contribution in [0.2, 0.25) is 5.02 Å². The normalized spacial score (nSPS) is 14.2. The van der Waals surface area contributed by atoms with Crippen molar-refractivity contribution in [3.05, 3.63) is 53.1 Å². The average Bonchev–Trinajstić information content (AvgIpc) is 2.54. The van der Waals surface area contributed by atoms with Crippen LogP contribution in [0, 0.1) is 0 Å². The van der Waals surface area contributed by atoms with Gasteiger partial charge in [0.2, 0.25) is 5.91 Å². The highest BCUT2D eigenvalue weighted by atomic mass is 35.5. The van der Waals surface area contributed by atoms with Gasteiger partial charge in [0, 0.05) is 24.2 Å². The summed E-state index contributed by atoms with van der Waals surface area (Å²) in [5.74, 6) is -0.196. The van der Waals surface area contributed by atoms with Crippen LogP contribution in [0.15, 0.2) is 47.4 Å². The molecule has 0 aliphatic carbocycles. The summed E-state index contributed by atoms with van der Waals surface area (Å²) in [6, 6.07) is 11.5. The van der Waals surface area contributed by atoms with Gasteiger partial charge < -0.3 is 5.32 Å². The minimum atomic E-state index is -3.68. The molecule has 0 saturated carbocycles. The lowest BCUT2D eigenvalue weighted by atomic mass is 10.0. The smallest absolute Gasteiger partial charge is 0.264 e. The van der Waals surface area contributed by atoms with Gasteiger partial charge in [-0.25, -0.2) is 8.42 Å². The van der Waals surface area contributed by atoms with Gasteiger partial charge in [0.05, 0.1) is 10.6 Å². The standard InChI is InChI=1S/C17H17ClN2O3S/c1-12(21)19-15-7-4-13-3-2-10-20(17(13)11-15)24(22,23)16-8-5-14(18)6-9-16/h4-9,11H,2-3,10H2,1H3,(H,19,21). The van der Waals surface area contributed by atoms with E-state index in [-0.39, 0.29) is 10.8 Å². The van der Waals surface area contributed by atoms with Crippen LogP contribution < -0.4 is 9.62 Å². The molecule has 0 spiro atoms. The van der Waals surface area contributed by atoms with Crippen LogP contribution in [-0.2, 0) is 21.2 Å². The number of nitrogens with one attached hydrogen (secondary N) is 1. The van der Waals surface area contributed by atoms with Crippen LogP contribution in [0.3, 0.4) is 0 Å². The molecule has 0 atom stereocenters. The number of carbonyl (C=O) groups is 1. The number of benzene rings is 2. The molecule has 0 unspecified atom stereocenters. The van der Waals surface area contributed by atoms with Crippen molar-refractivity contribution in [2.75, 3.05) is 16.2 Å². The summed E-state index contributed by atoms with van der Waals surface area (Å²) in [4.78, 5) is 11.5. The molecule has 0 saturated heterocycles. The van der Waals surface area contributed by atoms with Crippen LogP contribution in [-0.4, -0.2) is 20.9 Å². The van der Waals surface area contributed by atoms with Gasteiger partial charge in [0.1, 0.15) is 0 Å². The fourth-order valence-corrected chi connectivity index (χ4v) is 4.46. The van der Waals surface area contributed by atoms with E-state index in [1.54, 1.807) is 24.3 Å². The largest absolute Gasteiger partial charge is 0.326 e. The third kappa shape index (κ3) is 3.25. The molecule has 1 aliphatic heterocycles. The third-order valence-corrected chi connectivity index (χ3v) is 5.96. The number of amides is 1. The Morgan fingerprint density at radius 2 is 1.88 bits per heavy atom. The van der Waals surface area contributed by atoms with Gasteiger partial charge in [0.25, 0.3) is 10.0 Å². The van der Waals surface area contributed by atoms with Gasteiger partial charge in [-0.2, -0.15) is 0 Å². The molecule has 2 aromatic carbocycles. The van der Waals surface area contributed by atoms with Crippen molar-refractivity contribution in [2.45, 2.75) is 24.7 Å². The number of aryl methyl sites for hydroxylation is 1. The maximum absolute atomic E-state index is 13.0. The third-order valence-electron chi connectivity index (χ3n) is 3.88. The molecule has 0 aromatic heterocycles. The zero-order valence-electron chi connectivity index (χ0n) is 13.1. The first-order chi connectivity index (χ1) is 11.4. The Hall–Kier alpha value is -2.05. The second-order valence-electron chi connectivity index (χ2n) is 5.66. The van der Waals surface area contributed by atoms with Crippen LogP contribution in [0.1, 0.15) is 18.9 Å². The van der Waals surface area contributed by atoms with E-state index < -0.39 is 10.0 Å². The molecule has 0 radical (unpaired) electrons. The van der Waals surface area contributed by atoms with Gasteiger partial charge >= 0.3 is 0 Å². The molecule has 3 rings (SSSR count). The Kier molecular flexibility index (Phi) is 4.51. The average molecular weight is 365 g/mol. The van der Waals surface area contributed by atoms with Crippen molar-refractivity contribution in [2.24, 2.45) is 0 Å². The van der Waals surface area contributed by atoms with Gasteiger partial charge in [0.15, 0.2) is 0 Å². The quantitative estimate of drug-likeness (QED) is 0.907. The first kappa shape index (κ1) is 16.8. The van der Waals surface area contributed by atoms with Gasteiger partial charge in [-0.15, -0.1) is 0 Å². The van der Waals surface area contributed by atoms with Crippen molar-refractivity contribution >= 4 is 38.9 Å². The van der Waals surface area contributed by atoms with E-state index >= 15 is 0 Å². The number of carbonyl (C=O) groups excluding carboxylic acids is 1. The Bertz CT molecular complexity index is 879. The minimum Gasteiger partial charge on any atom is -0.326 e. The van der Waals surface area contributed by atoms with Gasteiger partial charge in [-0.1, -0.05) is 17.7 Å². The van der Waals surface area contributed by atoms with Crippen LogP contribution in [0.25, 0.3) is 0 Å². The summed E-state index contributed by atoms with van der Waals surface area (Å²) in [7, 11) is -3.68. The van der Waals surface area contributed by atoms with E-state index in [0.29, 0.717) is 22.9 Å². The van der Waals surface area contributed by atoms with Crippen LogP contribution in [0.4, 0.5) is 11.4 Å². The molecule has 1 aliphatic rings. The minimum absolute atomic E-state index is 0.196. The lowest BCUT2D eigenvalue weighted by Crippen LogP contribution is -2.35. The molecule has 2 aromatic rings. The molecule has 1 N–H and O–H groups in total. The number of sulfonamides is 1. The fourth-order valence-electron chi connectivity index (χ4n) is 2.81. The molecule has 0 bridgehead atoms. The summed E-state index contributed by atoms with van der Waals surface area (Å²) in [6.45, 7) is 1.82. The second-order valence-corrected chi connectivity index (χ2v) is 7.96. The summed E-state index contributed by atoms with van der Waals surface area (Å²) in [5, 5.41) is 3.18. The van der Waals surface area contributed by atoms with E-state index in [0.717, 1.165) is 18.4 Å². The van der Waals surface area contributed by atoms with E-state index in [9.17, 15) is 13.2 Å². The number of hydrogen-bond acceptors (Lipinski definition) is 3. The number of fused-ring (bicyclic) bond motifs is 1. The van der Waals surface area contributed by atoms with E-state index in [1.165, 1.54) is 23.4 Å². The predicted octanol–water partition coefficient (Wildman–Crippen LogP) is 3.44. The maximum Gasteiger partial charge on any atom is 0.264 e. The molecular formula is C17H17ClN2O3S. The topological polar surface area (TPSA) is 66.5 Å². The Morgan fingerprint density at radius 3 is 2.54 bits per heavy atom. The summed E-state index contributed by atoms with van der Waals surface area (Å²) < 4.78 is 27.4. The number of anilines is 2. The van der Waals surface area contributed by atoms with Crippen LogP contribution in [0.5, 0.6) is 0 Å². The molecule has 5 nitrogen and oxygen atoms in total. The zero-order chi connectivity index (χ0) is 17.3. The van der Waals surface area contributed by atoms with E-state index in [1.807, 2.05) is 6.07 Å². The van der Waals surface area contributed by atoms with Crippen molar-refractivity contribution in [3.8, 4) is 0 Å². The first-order valence-electron chi connectivity index (χ1n) is 7.57. The van der Waals surface area contributed by atoms with Crippen molar-refractivity contribution < 1.29 is 13.2 Å². The van der Waals surface area contributed by atoms with E-state index in [2.05, 4.69) is 5.32 Å². The van der Waals surface area contributed by atoms with E-state index in [4.69, 9.17) is 11.6 Å². The highest BCUT2D eigenvalue weighted by Gasteiger charge is 2.29. The summed E-state index contributed by atoms with van der Waals surface area (Å²) >= 11 is 5.85. The molecule has 1 amide bonds. The summed E-state index contributed by atoms with van der Waals surface area (Å²) in [5.41, 5.74) is 2.15. The highest BCUT2D eigenvalue weighted by molar-refractivity contribution is 7.92. The zero-order valence-corrected chi connectivity index (χ0v) is 14.7. The monoisotopic (exact) mass is 364 g/mol. The summed E-state index contributed by atoms with van der Waals surface area (Å²) in [6.07, 6.45) is 1.56. The van der Waals surface area contributed by atoms with Gasteiger partial charge in [-0.3, -0.25) is 9.10 Å². The maximum atomic E-state index is 13.0. The molecule has 1 heterocycles. The number of nitrogens with zero attached hydrogens (tertiary/aromatic N) is 1. The second kappa shape index (κ2) is 6.45. The predicted molar refractivity (Wildman–Crippen MR) is 95.1 cm³/mol.